The number of thioether (sulfide) groups is 1. The fourth-order valence-electron chi connectivity index (χ4n) is 3.77. The monoisotopic (exact) mass is 493 g/mol. The van der Waals surface area contributed by atoms with E-state index in [1.54, 1.807) is 16.2 Å². The molecule has 0 saturated carbocycles. The van der Waals surface area contributed by atoms with Gasteiger partial charge in [0.05, 0.1) is 12.3 Å². The first-order valence-electron chi connectivity index (χ1n) is 10.8. The molecule has 2 aromatic heterocycles. The Kier molecular flexibility index (Phi) is 6.55. The number of fused-ring (bicyclic) bond motifs is 1. The molecule has 0 spiro atoms. The molecular weight excluding hydrogens is 470 g/mol. The molecule has 7 nitrogen and oxygen atoms in total. The zero-order valence-corrected chi connectivity index (χ0v) is 20.4. The number of aromatic nitrogens is 2. The number of ether oxygens (including phenoxy) is 2. The molecule has 34 heavy (non-hydrogen) atoms. The minimum atomic E-state index is -0.0683. The van der Waals surface area contributed by atoms with Crippen LogP contribution >= 0.6 is 23.1 Å². The lowest BCUT2D eigenvalue weighted by molar-refractivity contribution is -0.116. The van der Waals surface area contributed by atoms with Crippen molar-refractivity contribution in [3.63, 3.8) is 0 Å². The number of carbonyl (C=O) groups excluding carboxylic acids is 1. The molecule has 0 fully saturated rings. The van der Waals surface area contributed by atoms with Crippen LogP contribution < -0.4 is 14.4 Å². The third-order valence-corrected chi connectivity index (χ3v) is 6.89. The molecule has 0 atom stereocenters. The second-order valence-electron chi connectivity index (χ2n) is 7.93. The Labute approximate surface area is 205 Å². The van der Waals surface area contributed by atoms with Crippen LogP contribution in [0.5, 0.6) is 11.5 Å². The number of hydrogen-bond donors (Lipinski definition) is 0. The smallest absolute Gasteiger partial charge is 0.277 e. The fourth-order valence-corrected chi connectivity index (χ4v) is 5.10. The lowest BCUT2D eigenvalue weighted by Gasteiger charge is -2.25. The summed E-state index contributed by atoms with van der Waals surface area (Å²) in [4.78, 5) is 16.2. The van der Waals surface area contributed by atoms with E-state index in [4.69, 9.17) is 13.9 Å². The van der Waals surface area contributed by atoms with E-state index in [1.165, 1.54) is 11.8 Å². The van der Waals surface area contributed by atoms with Gasteiger partial charge in [-0.2, -0.15) is 0 Å². The molecule has 1 amide bonds. The van der Waals surface area contributed by atoms with Crippen LogP contribution in [0.2, 0.25) is 0 Å². The summed E-state index contributed by atoms with van der Waals surface area (Å²) in [5.74, 6) is 1.88. The number of carbonyl (C=O) groups is 1. The van der Waals surface area contributed by atoms with Crippen molar-refractivity contribution in [2.24, 2.45) is 0 Å². The second-order valence-corrected chi connectivity index (χ2v) is 9.88. The summed E-state index contributed by atoms with van der Waals surface area (Å²) >= 11 is 2.85. The van der Waals surface area contributed by atoms with Gasteiger partial charge in [-0.3, -0.25) is 4.79 Å². The first kappa shape index (κ1) is 22.5. The standard InChI is InChI=1S/C25H23N3O4S2/c1-16-10-17(2)12-18(11-16)24-26-27-25(32-24)34-15-23(29)28(14-20-4-3-9-33-20)19-5-6-21-22(13-19)31-8-7-30-21/h3-6,9-13H,7-8,14-15H2,1-2H3. The highest BCUT2D eigenvalue weighted by Gasteiger charge is 2.22. The summed E-state index contributed by atoms with van der Waals surface area (Å²) in [6.45, 7) is 5.54. The molecule has 2 aromatic carbocycles. The fraction of sp³-hybridized carbons (Fsp3) is 0.240. The van der Waals surface area contributed by atoms with Crippen LogP contribution in [0.15, 0.2) is 63.6 Å². The van der Waals surface area contributed by atoms with Crippen molar-refractivity contribution in [3.8, 4) is 23.0 Å². The van der Waals surface area contributed by atoms with E-state index < -0.39 is 0 Å². The minimum absolute atomic E-state index is 0.0683. The van der Waals surface area contributed by atoms with Gasteiger partial charge in [-0.1, -0.05) is 35.0 Å². The molecule has 0 unspecified atom stereocenters. The first-order chi connectivity index (χ1) is 16.5. The SMILES string of the molecule is Cc1cc(C)cc(-c2nnc(SCC(=O)N(Cc3cccs3)c3ccc4c(c3)OCCO4)o2)c1. The highest BCUT2D eigenvalue weighted by molar-refractivity contribution is 7.99. The highest BCUT2D eigenvalue weighted by Crippen LogP contribution is 2.35. The van der Waals surface area contributed by atoms with Crippen LogP contribution in [0.25, 0.3) is 11.5 Å². The van der Waals surface area contributed by atoms with Crippen molar-refractivity contribution in [2.45, 2.75) is 25.6 Å². The van der Waals surface area contributed by atoms with Crippen LogP contribution in [-0.4, -0.2) is 35.1 Å². The molecule has 9 heteroatoms. The zero-order chi connectivity index (χ0) is 23.5. The van der Waals surface area contributed by atoms with Crippen LogP contribution in [0.4, 0.5) is 5.69 Å². The van der Waals surface area contributed by atoms with E-state index in [0.717, 1.165) is 27.3 Å². The molecule has 0 aliphatic carbocycles. The topological polar surface area (TPSA) is 77.7 Å². The van der Waals surface area contributed by atoms with Crippen LogP contribution in [0, 0.1) is 13.8 Å². The molecule has 1 aliphatic heterocycles. The predicted octanol–water partition coefficient (Wildman–Crippen LogP) is 5.51. The van der Waals surface area contributed by atoms with Gasteiger partial charge in [-0.25, -0.2) is 0 Å². The molecular formula is C25H23N3O4S2. The second kappa shape index (κ2) is 9.90. The summed E-state index contributed by atoms with van der Waals surface area (Å²) in [6.07, 6.45) is 0. The highest BCUT2D eigenvalue weighted by atomic mass is 32.2. The Morgan fingerprint density at radius 2 is 1.82 bits per heavy atom. The average Bonchev–Trinajstić information content (AvgIpc) is 3.52. The Morgan fingerprint density at radius 3 is 2.59 bits per heavy atom. The van der Waals surface area contributed by atoms with Crippen LogP contribution in [0.3, 0.4) is 0 Å². The Bertz CT molecular complexity index is 1280. The predicted molar refractivity (Wildman–Crippen MR) is 133 cm³/mol. The maximum Gasteiger partial charge on any atom is 0.277 e. The van der Waals surface area contributed by atoms with E-state index in [-0.39, 0.29) is 11.7 Å². The number of rotatable bonds is 7. The molecule has 0 bridgehead atoms. The Morgan fingerprint density at radius 1 is 1.03 bits per heavy atom. The average molecular weight is 494 g/mol. The van der Waals surface area contributed by atoms with E-state index in [2.05, 4.69) is 16.3 Å². The van der Waals surface area contributed by atoms with Gasteiger partial charge < -0.3 is 18.8 Å². The Balaban J connectivity index is 1.33. The lowest BCUT2D eigenvalue weighted by Crippen LogP contribution is -2.31. The van der Waals surface area contributed by atoms with E-state index in [0.29, 0.717) is 42.4 Å². The minimum Gasteiger partial charge on any atom is -0.486 e. The van der Waals surface area contributed by atoms with Crippen molar-refractivity contribution in [3.05, 3.63) is 69.9 Å². The molecule has 174 valence electrons. The zero-order valence-electron chi connectivity index (χ0n) is 18.8. The Hall–Kier alpha value is -3.30. The molecule has 0 N–H and O–H groups in total. The van der Waals surface area contributed by atoms with Gasteiger partial charge in [0.1, 0.15) is 13.2 Å². The third kappa shape index (κ3) is 5.10. The number of anilines is 1. The number of aryl methyl sites for hydroxylation is 2. The van der Waals surface area contributed by atoms with Gasteiger partial charge in [0.2, 0.25) is 11.8 Å². The van der Waals surface area contributed by atoms with Gasteiger partial charge in [0.25, 0.3) is 5.22 Å². The molecule has 4 aromatic rings. The van der Waals surface area contributed by atoms with Crippen LogP contribution in [0.1, 0.15) is 16.0 Å². The van der Waals surface area contributed by atoms with Crippen LogP contribution in [-0.2, 0) is 11.3 Å². The van der Waals surface area contributed by atoms with E-state index >= 15 is 0 Å². The number of thiophene rings is 1. The third-order valence-electron chi connectivity index (χ3n) is 5.23. The summed E-state index contributed by atoms with van der Waals surface area (Å²) in [6, 6.07) is 15.7. The number of nitrogens with zero attached hydrogens (tertiary/aromatic N) is 3. The molecule has 1 aliphatic rings. The first-order valence-corrected chi connectivity index (χ1v) is 12.7. The van der Waals surface area contributed by atoms with Gasteiger partial charge in [0.15, 0.2) is 11.5 Å². The van der Waals surface area contributed by atoms with E-state index in [9.17, 15) is 4.79 Å². The lowest BCUT2D eigenvalue weighted by atomic mass is 10.1. The number of amides is 1. The van der Waals surface area contributed by atoms with Gasteiger partial charge in [-0.05, 0) is 49.6 Å². The summed E-state index contributed by atoms with van der Waals surface area (Å²) in [5, 5.41) is 10.7. The van der Waals surface area contributed by atoms with Crippen molar-refractivity contribution < 1.29 is 18.7 Å². The van der Waals surface area contributed by atoms with Crippen molar-refractivity contribution in [2.75, 3.05) is 23.9 Å². The maximum absolute atomic E-state index is 13.3. The van der Waals surface area contributed by atoms with E-state index in [1.807, 2.05) is 61.7 Å². The van der Waals surface area contributed by atoms with Crippen molar-refractivity contribution in [1.82, 2.24) is 10.2 Å². The quantitative estimate of drug-likeness (QED) is 0.314. The van der Waals surface area contributed by atoms with Gasteiger partial charge in [0, 0.05) is 22.2 Å². The molecule has 0 saturated heterocycles. The van der Waals surface area contributed by atoms with Gasteiger partial charge in [-0.15, -0.1) is 21.5 Å². The summed E-state index contributed by atoms with van der Waals surface area (Å²) in [7, 11) is 0. The molecule has 0 radical (unpaired) electrons. The van der Waals surface area contributed by atoms with Gasteiger partial charge >= 0.3 is 0 Å². The number of benzene rings is 2. The molecule has 3 heterocycles. The normalized spacial score (nSPS) is 12.5. The van der Waals surface area contributed by atoms with Crippen molar-refractivity contribution >= 4 is 34.7 Å². The summed E-state index contributed by atoms with van der Waals surface area (Å²) in [5.41, 5.74) is 3.88. The van der Waals surface area contributed by atoms with Crippen molar-refractivity contribution in [1.29, 1.82) is 0 Å². The largest absolute Gasteiger partial charge is 0.486 e. The maximum atomic E-state index is 13.3. The number of hydrogen-bond acceptors (Lipinski definition) is 8. The molecule has 5 rings (SSSR count). The summed E-state index contributed by atoms with van der Waals surface area (Å²) < 4.78 is 17.2.